The Morgan fingerprint density at radius 2 is 1.30 bits per heavy atom. The molecular weight excluding hydrogens is 1740 g/mol. The number of aliphatic hydroxyl groups excluding tert-OH is 6. The van der Waals surface area contributed by atoms with Gasteiger partial charge in [-0.1, -0.05) is 67.4 Å². The molecule has 11 amide bonds. The Kier molecular flexibility index (Phi) is 28.7. The van der Waals surface area contributed by atoms with Gasteiger partial charge in [-0.3, -0.25) is 63.6 Å². The normalized spacial score (nSPS) is 25.7. The maximum Gasteiger partial charge on any atom is 0.419 e. The van der Waals surface area contributed by atoms with Crippen LogP contribution >= 0.6 is 23.2 Å². The van der Waals surface area contributed by atoms with Gasteiger partial charge in [0, 0.05) is 46.9 Å². The summed E-state index contributed by atoms with van der Waals surface area (Å²) in [5.41, 5.74) is 8.06. The van der Waals surface area contributed by atoms with Crippen molar-refractivity contribution in [1.82, 2.24) is 53.4 Å². The van der Waals surface area contributed by atoms with Crippen LogP contribution in [-0.2, 0) is 74.9 Å². The zero-order valence-electron chi connectivity index (χ0n) is 67.9. The number of carbonyl (C=O) groups is 11. The number of alkyl halides is 3. The van der Waals surface area contributed by atoms with Gasteiger partial charge in [-0.05, 0) is 152 Å². The SMILES string of the molecule is CN[C@H](CC(C)C)C(=O)N[C@H]1C(=O)N[C@@H](CC(N)=O)C(=O)N[C@H]2C(=O)N[C@H]3C(=O)N[C@H](C(=O)N[C@@H](C(=O)NNC(=O)C(N)=O)c4cc(O)cc(O)c4-c4cc3ccc4O)[C@H](O)c3ccc(c(Cl)c3)Oc3cc2cc(c3OC2O[C@H](CO)[C@@H](O)[C@H](O)[C@H]2O[C@H]2C[C@@](C)(NCc3ccc(NC(=O)c4ccc(F)c(C(F)(F)F)c4)cc3)[C@H](O)[C@H](C)O2)Oc2ccc(cc2Cl)[C@H]1O. The van der Waals surface area contributed by atoms with Crippen LogP contribution in [0.15, 0.2) is 121 Å². The molecule has 7 aromatic carbocycles. The second-order valence-electron chi connectivity index (χ2n) is 31.3. The van der Waals surface area contributed by atoms with Crippen molar-refractivity contribution in [2.45, 2.75) is 169 Å². The van der Waals surface area contributed by atoms with Crippen molar-refractivity contribution in [1.29, 1.82) is 0 Å². The fourth-order valence-corrected chi connectivity index (χ4v) is 15.5. The van der Waals surface area contributed by atoms with Crippen molar-refractivity contribution in [3.8, 4) is 57.1 Å². The van der Waals surface area contributed by atoms with Crippen molar-refractivity contribution in [3.63, 3.8) is 0 Å². The minimum Gasteiger partial charge on any atom is -0.508 e. The summed E-state index contributed by atoms with van der Waals surface area (Å²) >= 11 is 14.3. The molecule has 39 nitrogen and oxygen atoms in total. The van der Waals surface area contributed by atoms with Crippen LogP contribution in [0, 0.1) is 11.7 Å². The van der Waals surface area contributed by atoms with Crippen molar-refractivity contribution >= 4 is 93.9 Å². The number of likely N-dealkylation sites (N-methyl/N-ethyl adjacent to an activating group) is 1. The Morgan fingerprint density at radius 1 is 0.680 bits per heavy atom. The van der Waals surface area contributed by atoms with Gasteiger partial charge in [-0.25, -0.2) is 4.39 Å². The summed E-state index contributed by atoms with van der Waals surface area (Å²) in [6.45, 7) is 5.48. The molecule has 45 heteroatoms. The number of benzene rings is 7. The van der Waals surface area contributed by atoms with E-state index in [0.717, 1.165) is 72.8 Å². The lowest BCUT2D eigenvalue weighted by Crippen LogP contribution is -2.65. The standard InChI is InChI=1S/C83H87Cl2F4N13O26/c1-31(2)18-47(92-5)73(115)99-62-64(108)35-10-16-51(44(84)21-35)124-53-23-38-24-54(68(53)128-81-69(67(111)66(110)55(30-103)126-81)127-57-28-82(4,70(112)32(3)123-57)93-29-33-6-12-39(13-7-33)94-72(114)37-8-14-46(86)43(20-37)83(87,88)89)125-52-17-11-36(22-45(52)85)65(109)63-78(120)98-61(79(121)101-102-80(122)71(91)113)42-25-40(104)26-50(106)58(42)41-19-34(9-15-49(41)105)59(75(117)100-63)97-76(118)60(38)96-74(116)48(27-56(90)107)95-77(62)119/h6-17,19-26,31-32,47-48,55,57,59-67,69-70,81,92-93,103-106,108-112H,18,27-30H2,1-5H3,(H2,90,107)(H2,91,113)(H,94,114)(H,95,119)(H,96,116)(H,97,118)(H,98,120)(H,99,115)(H,100,117)(H,101,121)(H,102,122)/t32-,47+,48-,55+,57-,59+,60+,61+,62+,63-,64+,65+,66+,67-,69+,70+,81?,82+/m0/s1. The average molecular weight is 1830 g/mol. The summed E-state index contributed by atoms with van der Waals surface area (Å²) in [5.74, 6) is -22.8. The number of hydrogen-bond donors (Lipinski definition) is 22. The summed E-state index contributed by atoms with van der Waals surface area (Å²) in [4.78, 5) is 157. The van der Waals surface area contributed by atoms with Gasteiger partial charge in [0.25, 0.3) is 11.8 Å². The number of carbonyl (C=O) groups excluding carboxylic acids is 11. The first-order valence-electron chi connectivity index (χ1n) is 39.3. The number of hydrogen-bond acceptors (Lipinski definition) is 28. The highest BCUT2D eigenvalue weighted by Gasteiger charge is 2.53. The highest BCUT2D eigenvalue weighted by Crippen LogP contribution is 2.50. The van der Waals surface area contributed by atoms with E-state index in [1.807, 2.05) is 5.43 Å². The number of nitrogens with two attached hydrogens (primary N) is 2. The number of amides is 11. The summed E-state index contributed by atoms with van der Waals surface area (Å²) in [6.07, 6.45) is -25.3. The third-order valence-electron chi connectivity index (χ3n) is 21.7. The lowest BCUT2D eigenvalue weighted by Gasteiger charge is -2.48. The van der Waals surface area contributed by atoms with Crippen LogP contribution < -0.4 is 84.4 Å². The van der Waals surface area contributed by atoms with Gasteiger partial charge in [0.15, 0.2) is 23.9 Å². The van der Waals surface area contributed by atoms with E-state index < -0.39 is 294 Å². The first-order chi connectivity index (χ1) is 60.4. The molecule has 0 aromatic heterocycles. The van der Waals surface area contributed by atoms with Gasteiger partial charge in [0.2, 0.25) is 53.4 Å². The Bertz CT molecular complexity index is 5510. The first kappa shape index (κ1) is 94.5. The molecule has 11 bridgehead atoms. The van der Waals surface area contributed by atoms with Crippen LogP contribution in [0.1, 0.15) is 127 Å². The summed E-state index contributed by atoms with van der Waals surface area (Å²) < 4.78 is 94.0. The summed E-state index contributed by atoms with van der Waals surface area (Å²) in [6, 6.07) is 5.55. The van der Waals surface area contributed by atoms with E-state index in [4.69, 9.17) is 63.1 Å². The number of halogens is 6. The predicted octanol–water partition coefficient (Wildman–Crippen LogP) is 1.90. The largest absolute Gasteiger partial charge is 0.508 e. The summed E-state index contributed by atoms with van der Waals surface area (Å²) in [5, 5.41) is 129. The van der Waals surface area contributed by atoms with Crippen LogP contribution in [0.4, 0.5) is 23.2 Å². The Labute approximate surface area is 732 Å². The minimum atomic E-state index is -5.10. The van der Waals surface area contributed by atoms with Crippen molar-refractivity contribution in [2.24, 2.45) is 17.4 Å². The zero-order valence-corrected chi connectivity index (χ0v) is 69.4. The van der Waals surface area contributed by atoms with E-state index >= 15 is 24.0 Å². The van der Waals surface area contributed by atoms with Gasteiger partial charge >= 0.3 is 18.0 Å². The number of rotatable bonds is 18. The van der Waals surface area contributed by atoms with Crippen molar-refractivity contribution in [2.75, 3.05) is 19.0 Å². The highest BCUT2D eigenvalue weighted by molar-refractivity contribution is 6.34. The topological polar surface area (TPSA) is 610 Å². The maximum atomic E-state index is 16.3. The fourth-order valence-electron chi connectivity index (χ4n) is 15.0. The molecular formula is C83H87Cl2F4N13O26. The molecule has 1 unspecified atom stereocenters. The molecule has 0 radical (unpaired) electrons. The number of ether oxygens (including phenoxy) is 6. The molecule has 7 aliphatic rings. The summed E-state index contributed by atoms with van der Waals surface area (Å²) in [7, 11) is 1.44. The third-order valence-corrected chi connectivity index (χ3v) is 22.3. The van der Waals surface area contributed by atoms with E-state index in [1.165, 1.54) is 44.3 Å². The molecule has 2 saturated heterocycles. The molecule has 7 aliphatic heterocycles. The van der Waals surface area contributed by atoms with Gasteiger partial charge in [0.1, 0.15) is 101 Å². The molecule has 7 heterocycles. The quantitative estimate of drug-likeness (QED) is 0.0331. The Morgan fingerprint density at radius 3 is 1.91 bits per heavy atom. The van der Waals surface area contributed by atoms with E-state index in [9.17, 15) is 92.3 Å². The van der Waals surface area contributed by atoms with Crippen LogP contribution in [0.3, 0.4) is 0 Å². The van der Waals surface area contributed by atoms with Crippen LogP contribution in [-0.4, -0.2) is 204 Å². The Hall–Kier alpha value is -12.6. The van der Waals surface area contributed by atoms with Gasteiger partial charge in [0.05, 0.1) is 46.9 Å². The van der Waals surface area contributed by atoms with E-state index in [-0.39, 0.29) is 42.1 Å². The molecule has 7 aromatic rings. The highest BCUT2D eigenvalue weighted by atomic mass is 35.5. The number of primary amides is 2. The second kappa shape index (κ2) is 38.9. The minimum absolute atomic E-state index is 0.0602. The number of fused-ring (bicyclic) bond motifs is 15. The van der Waals surface area contributed by atoms with Crippen LogP contribution in [0.25, 0.3) is 11.1 Å². The van der Waals surface area contributed by atoms with E-state index in [2.05, 4.69) is 47.9 Å². The molecule has 2 fully saturated rings. The monoisotopic (exact) mass is 1830 g/mol. The molecule has 24 N–H and O–H groups in total. The number of hydrazine groups is 1. The molecule has 0 aliphatic carbocycles. The molecule has 128 heavy (non-hydrogen) atoms. The van der Waals surface area contributed by atoms with Gasteiger partial charge in [-0.15, -0.1) is 0 Å². The fraction of sp³-hybridized carbons (Fsp3) is 0.361. The maximum absolute atomic E-state index is 16.3. The molecule has 0 saturated carbocycles. The van der Waals surface area contributed by atoms with Gasteiger partial charge in [-0.2, -0.15) is 13.2 Å². The van der Waals surface area contributed by atoms with E-state index in [0.29, 0.717) is 23.8 Å². The van der Waals surface area contributed by atoms with Crippen molar-refractivity contribution in [3.05, 3.63) is 182 Å². The lowest BCUT2D eigenvalue weighted by molar-refractivity contribution is -0.334. The number of phenolic OH excluding ortho intramolecular Hbond substituents is 3. The first-order valence-corrected chi connectivity index (χ1v) is 40.0. The van der Waals surface area contributed by atoms with Gasteiger partial charge < -0.3 is 134 Å². The number of anilines is 1. The van der Waals surface area contributed by atoms with E-state index in [1.54, 1.807) is 26.2 Å². The molecule has 682 valence electrons. The van der Waals surface area contributed by atoms with Crippen LogP contribution in [0.2, 0.25) is 10.0 Å². The Balaban J connectivity index is 1.01. The molecule has 14 rings (SSSR count). The molecule has 18 atom stereocenters. The number of aromatic hydroxyl groups is 3. The molecule has 0 spiro atoms. The lowest BCUT2D eigenvalue weighted by atomic mass is 9.84. The number of nitrogens with one attached hydrogen (secondary N) is 11. The zero-order chi connectivity index (χ0) is 93.1. The number of phenols is 3. The number of aliphatic hydroxyl groups is 6. The second-order valence-corrected chi connectivity index (χ2v) is 32.1. The smallest absolute Gasteiger partial charge is 0.419 e. The van der Waals surface area contributed by atoms with Crippen LogP contribution in [0.5, 0.6) is 46.0 Å². The average Bonchev–Trinajstić information content (AvgIpc) is 0.763. The van der Waals surface area contributed by atoms with Crippen molar-refractivity contribution < 1.29 is 145 Å². The third kappa shape index (κ3) is 21.0. The predicted molar refractivity (Wildman–Crippen MR) is 436 cm³/mol.